The van der Waals surface area contributed by atoms with Crippen LogP contribution in [0.15, 0.2) is 6.07 Å². The zero-order valence-electron chi connectivity index (χ0n) is 9.84. The van der Waals surface area contributed by atoms with Crippen LogP contribution in [0.5, 0.6) is 0 Å². The number of amides is 1. The molecule has 0 radical (unpaired) electrons. The maximum absolute atomic E-state index is 11.8. The molecule has 16 heavy (non-hydrogen) atoms. The normalized spacial score (nSPS) is 14.6. The van der Waals surface area contributed by atoms with Crippen molar-refractivity contribution in [3.8, 4) is 0 Å². The molecule has 2 nitrogen and oxygen atoms in total. The van der Waals surface area contributed by atoms with E-state index in [1.54, 1.807) is 11.3 Å². The topological polar surface area (TPSA) is 29.1 Å². The van der Waals surface area contributed by atoms with Crippen LogP contribution in [0.25, 0.3) is 0 Å². The van der Waals surface area contributed by atoms with Crippen LogP contribution in [0, 0.1) is 0 Å². The Labute approximate surface area is 101 Å². The summed E-state index contributed by atoms with van der Waals surface area (Å²) in [5.74, 6) is 0.118. The Hall–Kier alpha value is -0.830. The van der Waals surface area contributed by atoms with Crippen molar-refractivity contribution in [1.29, 1.82) is 0 Å². The standard InChI is InChI=1S/C13H19NOS/c1-2-3-8-14-13(15)12-9-10-6-4-5-7-11(10)16-12/h9H,2-8H2,1H3,(H,14,15). The predicted octanol–water partition coefficient (Wildman–Crippen LogP) is 3.16. The predicted molar refractivity (Wildman–Crippen MR) is 68.2 cm³/mol. The largest absolute Gasteiger partial charge is 0.351 e. The average Bonchev–Trinajstić information content (AvgIpc) is 2.73. The van der Waals surface area contributed by atoms with E-state index >= 15 is 0 Å². The summed E-state index contributed by atoms with van der Waals surface area (Å²) in [5.41, 5.74) is 1.41. The van der Waals surface area contributed by atoms with Gasteiger partial charge in [-0.25, -0.2) is 0 Å². The molecule has 1 N–H and O–H groups in total. The Bertz CT molecular complexity index is 347. The number of carbonyl (C=O) groups is 1. The first-order valence-corrected chi connectivity index (χ1v) is 7.02. The van der Waals surface area contributed by atoms with E-state index in [0.717, 1.165) is 30.7 Å². The van der Waals surface area contributed by atoms with Crippen LogP contribution in [0.1, 0.15) is 52.7 Å². The molecule has 1 aliphatic carbocycles. The number of thiophene rings is 1. The summed E-state index contributed by atoms with van der Waals surface area (Å²) in [6.45, 7) is 2.94. The second-order valence-corrected chi connectivity index (χ2v) is 5.51. The summed E-state index contributed by atoms with van der Waals surface area (Å²) in [5, 5.41) is 2.98. The van der Waals surface area contributed by atoms with Crippen LogP contribution in [-0.2, 0) is 12.8 Å². The van der Waals surface area contributed by atoms with Crippen LogP contribution in [0.3, 0.4) is 0 Å². The molecule has 0 aliphatic heterocycles. The van der Waals surface area contributed by atoms with Crippen molar-refractivity contribution in [3.63, 3.8) is 0 Å². The zero-order valence-corrected chi connectivity index (χ0v) is 10.7. The molecule has 0 saturated heterocycles. The highest BCUT2D eigenvalue weighted by Crippen LogP contribution is 2.29. The smallest absolute Gasteiger partial charge is 0.261 e. The minimum absolute atomic E-state index is 0.118. The molecule has 1 aromatic rings. The summed E-state index contributed by atoms with van der Waals surface area (Å²) in [6.07, 6.45) is 7.08. The van der Waals surface area contributed by atoms with Gasteiger partial charge in [-0.1, -0.05) is 13.3 Å². The van der Waals surface area contributed by atoms with Gasteiger partial charge in [-0.15, -0.1) is 11.3 Å². The lowest BCUT2D eigenvalue weighted by Gasteiger charge is -2.08. The molecule has 2 rings (SSSR count). The van der Waals surface area contributed by atoms with E-state index in [2.05, 4.69) is 18.3 Å². The molecule has 1 amide bonds. The number of hydrogen-bond donors (Lipinski definition) is 1. The highest BCUT2D eigenvalue weighted by Gasteiger charge is 2.16. The highest BCUT2D eigenvalue weighted by atomic mass is 32.1. The SMILES string of the molecule is CCCCNC(=O)c1cc2c(s1)CCCC2. The number of rotatable bonds is 4. The van der Waals surface area contributed by atoms with E-state index in [-0.39, 0.29) is 5.91 Å². The summed E-state index contributed by atoms with van der Waals surface area (Å²) in [7, 11) is 0. The fourth-order valence-corrected chi connectivity index (χ4v) is 3.24. The van der Waals surface area contributed by atoms with Gasteiger partial charge in [-0.3, -0.25) is 4.79 Å². The third-order valence-electron chi connectivity index (χ3n) is 3.04. The molecule has 0 bridgehead atoms. The third-order valence-corrected chi connectivity index (χ3v) is 4.27. The summed E-state index contributed by atoms with van der Waals surface area (Å²) >= 11 is 1.69. The minimum atomic E-state index is 0.118. The number of nitrogens with one attached hydrogen (secondary N) is 1. The van der Waals surface area contributed by atoms with Crippen molar-refractivity contribution in [2.75, 3.05) is 6.54 Å². The van der Waals surface area contributed by atoms with Gasteiger partial charge in [-0.05, 0) is 43.7 Å². The van der Waals surface area contributed by atoms with Gasteiger partial charge in [0, 0.05) is 11.4 Å². The third kappa shape index (κ3) is 2.64. The van der Waals surface area contributed by atoms with Crippen molar-refractivity contribution in [2.24, 2.45) is 0 Å². The Kier molecular flexibility index (Phi) is 3.99. The number of aryl methyl sites for hydroxylation is 2. The van der Waals surface area contributed by atoms with Crippen LogP contribution in [-0.4, -0.2) is 12.5 Å². The van der Waals surface area contributed by atoms with Crippen molar-refractivity contribution in [2.45, 2.75) is 45.4 Å². The molecule has 0 atom stereocenters. The van der Waals surface area contributed by atoms with Gasteiger partial charge < -0.3 is 5.32 Å². The molecule has 0 aromatic carbocycles. The van der Waals surface area contributed by atoms with Crippen LogP contribution >= 0.6 is 11.3 Å². The molecule has 0 unspecified atom stereocenters. The van der Waals surface area contributed by atoms with Crippen molar-refractivity contribution >= 4 is 17.2 Å². The molecule has 3 heteroatoms. The second kappa shape index (κ2) is 5.48. The molecule has 1 aromatic heterocycles. The number of hydrogen-bond acceptors (Lipinski definition) is 2. The van der Waals surface area contributed by atoms with Crippen LogP contribution in [0.4, 0.5) is 0 Å². The minimum Gasteiger partial charge on any atom is -0.351 e. The molecular weight excluding hydrogens is 218 g/mol. The van der Waals surface area contributed by atoms with E-state index < -0.39 is 0 Å². The van der Waals surface area contributed by atoms with E-state index in [4.69, 9.17) is 0 Å². The first-order chi connectivity index (χ1) is 7.81. The molecular formula is C13H19NOS. The van der Waals surface area contributed by atoms with Crippen molar-refractivity contribution in [1.82, 2.24) is 5.32 Å². The van der Waals surface area contributed by atoms with Gasteiger partial charge in [0.05, 0.1) is 4.88 Å². The molecule has 1 heterocycles. The van der Waals surface area contributed by atoms with Crippen molar-refractivity contribution < 1.29 is 4.79 Å². The summed E-state index contributed by atoms with van der Waals surface area (Å²) < 4.78 is 0. The van der Waals surface area contributed by atoms with E-state index in [0.29, 0.717) is 0 Å². The first kappa shape index (κ1) is 11.6. The summed E-state index contributed by atoms with van der Waals surface area (Å²) in [4.78, 5) is 14.2. The lowest BCUT2D eigenvalue weighted by atomic mass is 9.99. The second-order valence-electron chi connectivity index (χ2n) is 4.38. The number of fused-ring (bicyclic) bond motifs is 1. The average molecular weight is 237 g/mol. The number of unbranched alkanes of at least 4 members (excludes halogenated alkanes) is 1. The fraction of sp³-hybridized carbons (Fsp3) is 0.615. The first-order valence-electron chi connectivity index (χ1n) is 6.21. The lowest BCUT2D eigenvalue weighted by molar-refractivity contribution is 0.0957. The van der Waals surface area contributed by atoms with Gasteiger partial charge >= 0.3 is 0 Å². The Morgan fingerprint density at radius 1 is 1.44 bits per heavy atom. The van der Waals surface area contributed by atoms with E-state index in [9.17, 15) is 4.79 Å². The van der Waals surface area contributed by atoms with Crippen LogP contribution < -0.4 is 5.32 Å². The monoisotopic (exact) mass is 237 g/mol. The van der Waals surface area contributed by atoms with Crippen LogP contribution in [0.2, 0.25) is 0 Å². The zero-order chi connectivity index (χ0) is 11.4. The van der Waals surface area contributed by atoms with Gasteiger partial charge in [0.25, 0.3) is 5.91 Å². The maximum atomic E-state index is 11.8. The van der Waals surface area contributed by atoms with Crippen molar-refractivity contribution in [3.05, 3.63) is 21.4 Å². The molecule has 1 aliphatic rings. The van der Waals surface area contributed by atoms with Gasteiger partial charge in [0.1, 0.15) is 0 Å². The van der Waals surface area contributed by atoms with Gasteiger partial charge in [0.15, 0.2) is 0 Å². The molecule has 0 fully saturated rings. The highest BCUT2D eigenvalue weighted by molar-refractivity contribution is 7.14. The number of carbonyl (C=O) groups excluding carboxylic acids is 1. The maximum Gasteiger partial charge on any atom is 0.261 e. The Balaban J connectivity index is 1.98. The Morgan fingerprint density at radius 3 is 3.00 bits per heavy atom. The molecule has 0 saturated carbocycles. The fourth-order valence-electron chi connectivity index (χ4n) is 2.07. The quantitative estimate of drug-likeness (QED) is 0.801. The van der Waals surface area contributed by atoms with Gasteiger partial charge in [-0.2, -0.15) is 0 Å². The van der Waals surface area contributed by atoms with Gasteiger partial charge in [0.2, 0.25) is 0 Å². The molecule has 0 spiro atoms. The summed E-state index contributed by atoms with van der Waals surface area (Å²) in [6, 6.07) is 2.10. The van der Waals surface area contributed by atoms with E-state index in [1.807, 2.05) is 0 Å². The van der Waals surface area contributed by atoms with E-state index in [1.165, 1.54) is 29.7 Å². The lowest BCUT2D eigenvalue weighted by Crippen LogP contribution is -2.23. The molecule has 88 valence electrons. The Morgan fingerprint density at radius 2 is 2.25 bits per heavy atom.